The Morgan fingerprint density at radius 2 is 1.87 bits per heavy atom. The zero-order chi connectivity index (χ0) is 22.6. The average molecular weight is 466 g/mol. The Bertz CT molecular complexity index is 1180. The van der Waals surface area contributed by atoms with E-state index in [4.69, 9.17) is 0 Å². The van der Waals surface area contributed by atoms with Gasteiger partial charge in [-0.25, -0.2) is 12.8 Å². The van der Waals surface area contributed by atoms with Gasteiger partial charge in [0.15, 0.2) is 11.0 Å². The average Bonchev–Trinajstić information content (AvgIpc) is 3.06. The van der Waals surface area contributed by atoms with Gasteiger partial charge < -0.3 is 15.0 Å². The molecule has 0 atom stereocenters. The van der Waals surface area contributed by atoms with Crippen LogP contribution in [0.4, 0.5) is 15.8 Å². The molecule has 3 rings (SSSR count). The van der Waals surface area contributed by atoms with Crippen molar-refractivity contribution in [3.8, 4) is 5.75 Å². The summed E-state index contributed by atoms with van der Waals surface area (Å²) in [6, 6.07) is 11.5. The van der Waals surface area contributed by atoms with E-state index in [1.807, 2.05) is 0 Å². The van der Waals surface area contributed by atoms with Crippen molar-refractivity contribution in [3.05, 3.63) is 60.2 Å². The molecule has 0 saturated heterocycles. The molecule has 0 radical (unpaired) electrons. The van der Waals surface area contributed by atoms with Gasteiger partial charge in [-0.2, -0.15) is 0 Å². The van der Waals surface area contributed by atoms with Crippen LogP contribution in [0, 0.1) is 5.82 Å². The fourth-order valence-electron chi connectivity index (χ4n) is 2.64. The van der Waals surface area contributed by atoms with Gasteiger partial charge in [0, 0.05) is 7.05 Å². The highest BCUT2D eigenvalue weighted by Crippen LogP contribution is 2.24. The Morgan fingerprint density at radius 1 is 1.19 bits per heavy atom. The first-order chi connectivity index (χ1) is 14.6. The van der Waals surface area contributed by atoms with Crippen LogP contribution in [0.1, 0.15) is 5.82 Å². The molecule has 0 aliphatic heterocycles. The molecule has 0 aliphatic rings. The van der Waals surface area contributed by atoms with Crippen LogP contribution < -0.4 is 9.62 Å². The molecule has 0 aliphatic carbocycles. The van der Waals surface area contributed by atoms with Crippen LogP contribution in [0.2, 0.25) is 0 Å². The molecule has 1 amide bonds. The van der Waals surface area contributed by atoms with Gasteiger partial charge in [0.1, 0.15) is 11.6 Å². The minimum absolute atomic E-state index is 0.00800. The Morgan fingerprint density at radius 3 is 2.52 bits per heavy atom. The van der Waals surface area contributed by atoms with Crippen LogP contribution in [-0.4, -0.2) is 46.2 Å². The van der Waals surface area contributed by atoms with E-state index in [2.05, 4.69) is 15.5 Å². The number of benzene rings is 2. The number of para-hydroxylation sites is 2. The maximum Gasteiger partial charge on any atom is 0.234 e. The molecule has 0 spiro atoms. The fraction of sp³-hybridized carbons (Fsp3) is 0.211. The second kappa shape index (κ2) is 9.35. The predicted octanol–water partition coefficient (Wildman–Crippen LogP) is 2.36. The van der Waals surface area contributed by atoms with E-state index in [9.17, 15) is 22.7 Å². The lowest BCUT2D eigenvalue weighted by Crippen LogP contribution is -2.30. The number of aromatic nitrogens is 3. The lowest BCUT2D eigenvalue weighted by molar-refractivity contribution is -0.113. The number of anilines is 2. The largest absolute Gasteiger partial charge is 0.506 e. The Hall–Kier alpha value is -3.12. The third-order valence-electron chi connectivity index (χ3n) is 4.24. The number of hydrogen-bond donors (Lipinski definition) is 2. The zero-order valence-electron chi connectivity index (χ0n) is 16.7. The van der Waals surface area contributed by atoms with Crippen LogP contribution in [0.25, 0.3) is 0 Å². The number of nitrogens with zero attached hydrogens (tertiary/aromatic N) is 4. The number of halogens is 1. The van der Waals surface area contributed by atoms with E-state index >= 15 is 0 Å². The molecule has 2 aromatic carbocycles. The Labute approximate surface area is 183 Å². The second-order valence-corrected chi connectivity index (χ2v) is 9.41. The van der Waals surface area contributed by atoms with Gasteiger partial charge in [0.2, 0.25) is 15.9 Å². The topological polar surface area (TPSA) is 117 Å². The van der Waals surface area contributed by atoms with Gasteiger partial charge in [-0.05, 0) is 36.4 Å². The SMILES string of the molecule is Cn1c(CN(c2ccc(F)cc2)S(C)(=O)=O)nnc1SCC(=O)Nc1ccccc1O. The summed E-state index contributed by atoms with van der Waals surface area (Å²) < 4.78 is 40.4. The molecule has 0 fully saturated rings. The Balaban J connectivity index is 1.69. The molecule has 2 N–H and O–H groups in total. The van der Waals surface area contributed by atoms with Gasteiger partial charge in [-0.1, -0.05) is 23.9 Å². The molecule has 0 saturated carbocycles. The number of thioether (sulfide) groups is 1. The predicted molar refractivity (Wildman–Crippen MR) is 116 cm³/mol. The molecule has 31 heavy (non-hydrogen) atoms. The molecule has 1 heterocycles. The van der Waals surface area contributed by atoms with E-state index < -0.39 is 15.8 Å². The van der Waals surface area contributed by atoms with E-state index in [-0.39, 0.29) is 24.0 Å². The van der Waals surface area contributed by atoms with Gasteiger partial charge in [-0.3, -0.25) is 9.10 Å². The molecular formula is C19H20FN5O4S2. The summed E-state index contributed by atoms with van der Waals surface area (Å²) in [7, 11) is -2.01. The third-order valence-corrected chi connectivity index (χ3v) is 6.40. The van der Waals surface area contributed by atoms with Crippen LogP contribution in [0.3, 0.4) is 0 Å². The number of nitrogens with one attached hydrogen (secondary N) is 1. The van der Waals surface area contributed by atoms with Gasteiger partial charge in [-0.15, -0.1) is 10.2 Å². The lowest BCUT2D eigenvalue weighted by atomic mass is 10.3. The van der Waals surface area contributed by atoms with Crippen molar-refractivity contribution in [2.45, 2.75) is 11.7 Å². The summed E-state index contributed by atoms with van der Waals surface area (Å²) >= 11 is 1.11. The molecule has 9 nitrogen and oxygen atoms in total. The normalized spacial score (nSPS) is 11.3. The molecule has 12 heteroatoms. The van der Waals surface area contributed by atoms with Crippen molar-refractivity contribution in [1.82, 2.24) is 14.8 Å². The smallest absolute Gasteiger partial charge is 0.234 e. The third kappa shape index (κ3) is 5.73. The number of sulfonamides is 1. The molecule has 1 aromatic heterocycles. The number of phenolic OH excluding ortho intramolecular Hbond substituents is 1. The van der Waals surface area contributed by atoms with Crippen molar-refractivity contribution in [2.24, 2.45) is 7.05 Å². The Kier molecular flexibility index (Phi) is 6.81. The van der Waals surface area contributed by atoms with Crippen molar-refractivity contribution in [3.63, 3.8) is 0 Å². The standard InChI is InChI=1S/C19H20FN5O4S2/c1-24-17(11-25(31(2,28)29)14-9-7-13(20)8-10-14)22-23-19(24)30-12-18(27)21-15-5-3-4-6-16(15)26/h3-10,26H,11-12H2,1-2H3,(H,21,27). The van der Waals surface area contributed by atoms with Crippen LogP contribution in [0.5, 0.6) is 5.75 Å². The van der Waals surface area contributed by atoms with Crippen LogP contribution in [-0.2, 0) is 28.4 Å². The van der Waals surface area contributed by atoms with E-state index in [1.54, 1.807) is 29.8 Å². The summed E-state index contributed by atoms with van der Waals surface area (Å²) in [5, 5.41) is 20.8. The molecule has 0 unspecified atom stereocenters. The number of phenols is 1. The van der Waals surface area contributed by atoms with E-state index in [1.165, 1.54) is 30.3 Å². The van der Waals surface area contributed by atoms with Gasteiger partial charge >= 0.3 is 0 Å². The van der Waals surface area contributed by atoms with E-state index in [0.717, 1.165) is 22.3 Å². The summed E-state index contributed by atoms with van der Waals surface area (Å²) in [6.45, 7) is -0.112. The highest BCUT2D eigenvalue weighted by atomic mass is 32.2. The molecular weight excluding hydrogens is 445 g/mol. The van der Waals surface area contributed by atoms with Crippen molar-refractivity contribution in [2.75, 3.05) is 21.6 Å². The number of carbonyl (C=O) groups is 1. The summed E-state index contributed by atoms with van der Waals surface area (Å²) in [5.41, 5.74) is 0.595. The summed E-state index contributed by atoms with van der Waals surface area (Å²) in [5.74, 6) is -0.507. The first-order valence-corrected chi connectivity index (χ1v) is 11.8. The van der Waals surface area contributed by atoms with Crippen molar-refractivity contribution >= 4 is 39.1 Å². The zero-order valence-corrected chi connectivity index (χ0v) is 18.3. The fourth-order valence-corrected chi connectivity index (χ4v) is 4.22. The maximum absolute atomic E-state index is 13.2. The molecule has 0 bridgehead atoms. The highest BCUT2D eigenvalue weighted by molar-refractivity contribution is 7.99. The maximum atomic E-state index is 13.2. The number of carbonyl (C=O) groups excluding carboxylic acids is 1. The number of rotatable bonds is 8. The van der Waals surface area contributed by atoms with Gasteiger partial charge in [0.25, 0.3) is 0 Å². The minimum Gasteiger partial charge on any atom is -0.506 e. The first-order valence-electron chi connectivity index (χ1n) is 8.97. The van der Waals surface area contributed by atoms with Crippen molar-refractivity contribution in [1.29, 1.82) is 0 Å². The lowest BCUT2D eigenvalue weighted by Gasteiger charge is -2.21. The second-order valence-electron chi connectivity index (χ2n) is 6.56. The first kappa shape index (κ1) is 22.6. The number of amides is 1. The van der Waals surface area contributed by atoms with E-state index in [0.29, 0.717) is 22.4 Å². The molecule has 3 aromatic rings. The van der Waals surface area contributed by atoms with Crippen LogP contribution in [0.15, 0.2) is 53.7 Å². The number of aromatic hydroxyl groups is 1. The summed E-state index contributed by atoms with van der Waals surface area (Å²) in [6.07, 6.45) is 1.05. The highest BCUT2D eigenvalue weighted by Gasteiger charge is 2.22. The minimum atomic E-state index is -3.67. The van der Waals surface area contributed by atoms with Crippen molar-refractivity contribution < 1.29 is 22.7 Å². The quantitative estimate of drug-likeness (QED) is 0.387. The number of hydrogen-bond acceptors (Lipinski definition) is 7. The summed E-state index contributed by atoms with van der Waals surface area (Å²) in [4.78, 5) is 12.2. The van der Waals surface area contributed by atoms with Gasteiger partial charge in [0.05, 0.1) is 29.9 Å². The molecule has 164 valence electrons. The monoisotopic (exact) mass is 465 g/mol. The van der Waals surface area contributed by atoms with Crippen LogP contribution >= 0.6 is 11.8 Å².